The number of pyridine rings is 1. The number of nitrogen functional groups attached to an aromatic ring is 1. The molecule has 1 saturated heterocycles. The molecule has 0 bridgehead atoms. The highest BCUT2D eigenvalue weighted by Crippen LogP contribution is 2.33. The van der Waals surface area contributed by atoms with E-state index in [-0.39, 0.29) is 35.6 Å². The number of nitrogens with two attached hydrogens (primary N) is 1. The van der Waals surface area contributed by atoms with E-state index >= 15 is 0 Å². The van der Waals surface area contributed by atoms with Crippen LogP contribution in [0.15, 0.2) is 59.2 Å². The van der Waals surface area contributed by atoms with Gasteiger partial charge >= 0.3 is 10.4 Å². The van der Waals surface area contributed by atoms with Crippen LogP contribution in [0, 0.1) is 5.41 Å². The Bertz CT molecular complexity index is 1610. The maximum Gasteiger partial charge on any atom is 0.418 e. The van der Waals surface area contributed by atoms with Crippen LogP contribution in [0.1, 0.15) is 30.8 Å². The van der Waals surface area contributed by atoms with Gasteiger partial charge in [-0.05, 0) is 50.2 Å². The Balaban J connectivity index is 1.30. The van der Waals surface area contributed by atoms with Gasteiger partial charge in [0, 0.05) is 17.1 Å². The summed E-state index contributed by atoms with van der Waals surface area (Å²) in [5, 5.41) is 19.6. The van der Waals surface area contributed by atoms with Gasteiger partial charge in [-0.25, -0.2) is 4.98 Å². The normalized spacial score (nSPS) is 16.3. The maximum atomic E-state index is 13.0. The van der Waals surface area contributed by atoms with E-state index in [1.54, 1.807) is 30.5 Å². The molecular formula is C25H28N8O8S2. The van der Waals surface area contributed by atoms with E-state index in [0.29, 0.717) is 22.9 Å². The summed E-state index contributed by atoms with van der Waals surface area (Å²) in [4.78, 5) is 39.0. The van der Waals surface area contributed by atoms with E-state index in [1.165, 1.54) is 19.2 Å². The Morgan fingerprint density at radius 2 is 1.98 bits per heavy atom. The number of oxime groups is 1. The van der Waals surface area contributed by atoms with Crippen LogP contribution in [-0.4, -0.2) is 76.2 Å². The Kier molecular flexibility index (Phi) is 9.54. The van der Waals surface area contributed by atoms with Crippen molar-refractivity contribution in [2.45, 2.75) is 32.0 Å². The number of aromatic nitrogens is 2. The van der Waals surface area contributed by atoms with Gasteiger partial charge in [0.1, 0.15) is 29.9 Å². The summed E-state index contributed by atoms with van der Waals surface area (Å²) in [6.07, 6.45) is 1.69. The van der Waals surface area contributed by atoms with Crippen LogP contribution in [0.25, 0.3) is 0 Å². The number of amidine groups is 1. The van der Waals surface area contributed by atoms with E-state index in [9.17, 15) is 18.0 Å². The SMILES string of the molecule is CC1(C)[C@H](NC(=O)/C(=N\OCCOc2ccc(C(=N)NCc3ccccn3)cc2)c2csc(N)n2)C(=O)N1OS(=O)(=O)O. The zero-order valence-corrected chi connectivity index (χ0v) is 24.5. The fourth-order valence-corrected chi connectivity index (χ4v) is 4.83. The number of anilines is 1. The first kappa shape index (κ1) is 31.3. The Morgan fingerprint density at radius 3 is 2.58 bits per heavy atom. The number of nitrogens with zero attached hydrogens (tertiary/aromatic N) is 4. The molecular weight excluding hydrogens is 604 g/mol. The fourth-order valence-electron chi connectivity index (χ4n) is 3.83. The molecule has 6 N–H and O–H groups in total. The van der Waals surface area contributed by atoms with Gasteiger partial charge in [-0.3, -0.25) is 24.5 Å². The summed E-state index contributed by atoms with van der Waals surface area (Å²) in [5.74, 6) is -1.01. The first-order valence-electron chi connectivity index (χ1n) is 12.5. The number of hydrogen-bond acceptors (Lipinski definition) is 13. The van der Waals surface area contributed by atoms with Crippen molar-refractivity contribution >= 4 is 50.2 Å². The average Bonchev–Trinajstić information content (AvgIpc) is 3.40. The van der Waals surface area contributed by atoms with Crippen LogP contribution >= 0.6 is 11.3 Å². The number of thiazole rings is 1. The van der Waals surface area contributed by atoms with Gasteiger partial charge in [-0.15, -0.1) is 15.6 Å². The molecule has 228 valence electrons. The Labute approximate surface area is 250 Å². The smallest absolute Gasteiger partial charge is 0.418 e. The first-order chi connectivity index (χ1) is 20.3. The van der Waals surface area contributed by atoms with E-state index < -0.39 is 33.8 Å². The number of carbonyl (C=O) groups excluding carboxylic acids is 2. The Hall–Kier alpha value is -4.65. The van der Waals surface area contributed by atoms with Crippen LogP contribution in [0.4, 0.5) is 5.13 Å². The topological polar surface area (TPSA) is 232 Å². The summed E-state index contributed by atoms with van der Waals surface area (Å²) < 4.78 is 40.9. The molecule has 0 radical (unpaired) electrons. The number of nitrogens with one attached hydrogen (secondary N) is 3. The highest BCUT2D eigenvalue weighted by Gasteiger charge is 2.58. The monoisotopic (exact) mass is 632 g/mol. The number of hydroxylamine groups is 2. The van der Waals surface area contributed by atoms with Crippen LogP contribution in [0.3, 0.4) is 0 Å². The number of hydrogen-bond donors (Lipinski definition) is 5. The lowest BCUT2D eigenvalue weighted by Gasteiger charge is -2.50. The molecule has 0 saturated carbocycles. The second-order valence-corrected chi connectivity index (χ2v) is 11.4. The van der Waals surface area contributed by atoms with Crippen LogP contribution < -0.4 is 21.1 Å². The van der Waals surface area contributed by atoms with Gasteiger partial charge in [0.2, 0.25) is 0 Å². The maximum absolute atomic E-state index is 13.0. The molecule has 2 amide bonds. The van der Waals surface area contributed by atoms with E-state index in [4.69, 9.17) is 25.3 Å². The second kappa shape index (κ2) is 13.1. The molecule has 0 aliphatic carbocycles. The highest BCUT2D eigenvalue weighted by atomic mass is 32.3. The number of β-lactam (4-membered cyclic amide) rings is 1. The summed E-state index contributed by atoms with van der Waals surface area (Å²) in [5.41, 5.74) is 5.64. The third-order valence-electron chi connectivity index (χ3n) is 6.02. The summed E-state index contributed by atoms with van der Waals surface area (Å²) in [6.45, 7) is 3.25. The van der Waals surface area contributed by atoms with Gasteiger partial charge in [0.15, 0.2) is 17.5 Å². The fraction of sp³-hybridized carbons (Fsp3) is 0.280. The third kappa shape index (κ3) is 8.01. The van der Waals surface area contributed by atoms with Gasteiger partial charge in [0.05, 0.1) is 17.8 Å². The average molecular weight is 633 g/mol. The molecule has 0 spiro atoms. The quantitative estimate of drug-likeness (QED) is 0.0441. The van der Waals surface area contributed by atoms with Crippen molar-refractivity contribution < 1.29 is 36.4 Å². The minimum Gasteiger partial charge on any atom is -0.490 e. The Morgan fingerprint density at radius 1 is 1.23 bits per heavy atom. The minimum absolute atomic E-state index is 0.0579. The lowest BCUT2D eigenvalue weighted by atomic mass is 9.84. The molecule has 2 aromatic heterocycles. The molecule has 1 aliphatic rings. The first-order valence-corrected chi connectivity index (χ1v) is 14.8. The predicted octanol–water partition coefficient (Wildman–Crippen LogP) is 0.875. The zero-order valence-electron chi connectivity index (χ0n) is 22.9. The molecule has 1 aromatic carbocycles. The van der Waals surface area contributed by atoms with Crippen molar-refractivity contribution in [3.8, 4) is 5.75 Å². The highest BCUT2D eigenvalue weighted by molar-refractivity contribution is 7.80. The van der Waals surface area contributed by atoms with Crippen LogP contribution in [-0.2, 0) is 35.7 Å². The summed E-state index contributed by atoms with van der Waals surface area (Å²) in [7, 11) is -4.95. The van der Waals surface area contributed by atoms with E-state index in [0.717, 1.165) is 17.0 Å². The minimum atomic E-state index is -4.95. The molecule has 3 heterocycles. The summed E-state index contributed by atoms with van der Waals surface area (Å²) >= 11 is 1.05. The van der Waals surface area contributed by atoms with Gasteiger partial charge < -0.3 is 25.9 Å². The number of carbonyl (C=O) groups is 2. The van der Waals surface area contributed by atoms with Crippen molar-refractivity contribution in [2.75, 3.05) is 18.9 Å². The number of amides is 2. The standard InChI is InChI=1S/C25H28N8O8S2/c1-25(2)20(23(35)33(25)41-43(36,37)38)31-22(34)19(18-14-42-24(27)30-18)32-40-12-11-39-17-8-6-15(7-9-17)21(26)29-13-16-5-3-4-10-28-16/h3-10,14,20H,11-13H2,1-2H3,(H2,26,29)(H2,27,30)(H,31,34)(H,36,37,38)/b32-19-/t20-/m1/s1. The van der Waals surface area contributed by atoms with Crippen LogP contribution in [0.5, 0.6) is 5.75 Å². The van der Waals surface area contributed by atoms with Crippen molar-refractivity contribution in [1.29, 1.82) is 5.41 Å². The molecule has 1 fully saturated rings. The zero-order chi connectivity index (χ0) is 31.2. The van der Waals surface area contributed by atoms with E-state index in [2.05, 4.69) is 30.0 Å². The predicted molar refractivity (Wildman–Crippen MR) is 154 cm³/mol. The van der Waals surface area contributed by atoms with Gasteiger partial charge in [-0.2, -0.15) is 13.5 Å². The van der Waals surface area contributed by atoms with Crippen LogP contribution in [0.2, 0.25) is 0 Å². The molecule has 1 aliphatic heterocycles. The molecule has 43 heavy (non-hydrogen) atoms. The van der Waals surface area contributed by atoms with Crippen molar-refractivity contribution in [2.24, 2.45) is 5.16 Å². The molecule has 18 heteroatoms. The van der Waals surface area contributed by atoms with Crippen molar-refractivity contribution in [1.82, 2.24) is 25.7 Å². The molecule has 0 unspecified atom stereocenters. The molecule has 1 atom stereocenters. The third-order valence-corrected chi connectivity index (χ3v) is 7.03. The molecule has 16 nitrogen and oxygen atoms in total. The number of rotatable bonds is 13. The van der Waals surface area contributed by atoms with Gasteiger partial charge in [-0.1, -0.05) is 11.2 Å². The molecule has 3 aromatic rings. The largest absolute Gasteiger partial charge is 0.490 e. The molecule has 4 rings (SSSR count). The van der Waals surface area contributed by atoms with E-state index in [1.807, 2.05) is 18.2 Å². The lowest BCUT2D eigenvalue weighted by molar-refractivity contribution is -0.218. The number of ether oxygens (including phenoxy) is 1. The summed E-state index contributed by atoms with van der Waals surface area (Å²) in [6, 6.07) is 11.2. The van der Waals surface area contributed by atoms with Gasteiger partial charge in [0.25, 0.3) is 11.8 Å². The van der Waals surface area contributed by atoms with Crippen molar-refractivity contribution in [3.05, 3.63) is 71.0 Å². The number of benzene rings is 1. The lowest BCUT2D eigenvalue weighted by Crippen LogP contribution is -2.76. The second-order valence-electron chi connectivity index (χ2n) is 9.46. The van der Waals surface area contributed by atoms with Crippen molar-refractivity contribution in [3.63, 3.8) is 0 Å².